The zero-order chi connectivity index (χ0) is 13.8. The quantitative estimate of drug-likeness (QED) is 0.833. The summed E-state index contributed by atoms with van der Waals surface area (Å²) in [6.45, 7) is 1.35. The second-order valence-electron chi connectivity index (χ2n) is 4.15. The standard InChI is InChI=1S/C13H15N3O2S/c1-19-12-4-2-3-10(9(12)7-14)16-5-6-18-8-11(16)13(15)17/h2-4,11H,5-6,8H2,1H3,(H2,15,17). The zero-order valence-corrected chi connectivity index (χ0v) is 11.4. The van der Waals surface area contributed by atoms with E-state index in [0.29, 0.717) is 18.7 Å². The lowest BCUT2D eigenvalue weighted by molar-refractivity contribution is -0.121. The van der Waals surface area contributed by atoms with Crippen molar-refractivity contribution in [2.45, 2.75) is 10.9 Å². The Kier molecular flexibility index (Phi) is 4.30. The van der Waals surface area contributed by atoms with Crippen LogP contribution in [0, 0.1) is 11.3 Å². The van der Waals surface area contributed by atoms with Crippen molar-refractivity contribution in [3.63, 3.8) is 0 Å². The number of primary amides is 1. The number of benzene rings is 1. The molecule has 1 aliphatic rings. The number of carbonyl (C=O) groups is 1. The van der Waals surface area contributed by atoms with Gasteiger partial charge in [-0.2, -0.15) is 5.26 Å². The van der Waals surface area contributed by atoms with Crippen molar-refractivity contribution in [3.8, 4) is 6.07 Å². The Hall–Kier alpha value is -1.71. The summed E-state index contributed by atoms with van der Waals surface area (Å²) >= 11 is 1.51. The number of rotatable bonds is 3. The van der Waals surface area contributed by atoms with Crippen LogP contribution in [0.5, 0.6) is 0 Å². The van der Waals surface area contributed by atoms with Gasteiger partial charge in [-0.05, 0) is 18.4 Å². The monoisotopic (exact) mass is 277 g/mol. The van der Waals surface area contributed by atoms with E-state index in [0.717, 1.165) is 10.6 Å². The molecule has 0 bridgehead atoms. The van der Waals surface area contributed by atoms with E-state index in [9.17, 15) is 10.1 Å². The molecule has 0 aliphatic carbocycles. The van der Waals surface area contributed by atoms with Gasteiger partial charge in [0, 0.05) is 11.4 Å². The first-order valence-electron chi connectivity index (χ1n) is 5.90. The maximum absolute atomic E-state index is 11.5. The van der Waals surface area contributed by atoms with Crippen LogP contribution in [-0.2, 0) is 9.53 Å². The number of nitriles is 1. The van der Waals surface area contributed by atoms with Crippen molar-refractivity contribution < 1.29 is 9.53 Å². The van der Waals surface area contributed by atoms with E-state index < -0.39 is 11.9 Å². The van der Waals surface area contributed by atoms with Crippen molar-refractivity contribution >= 4 is 23.4 Å². The Bertz CT molecular complexity index is 527. The Morgan fingerprint density at radius 2 is 2.42 bits per heavy atom. The summed E-state index contributed by atoms with van der Waals surface area (Å²) < 4.78 is 5.29. The summed E-state index contributed by atoms with van der Waals surface area (Å²) in [4.78, 5) is 14.3. The molecule has 100 valence electrons. The van der Waals surface area contributed by atoms with Crippen LogP contribution in [0.4, 0.5) is 5.69 Å². The lowest BCUT2D eigenvalue weighted by atomic mass is 10.1. The van der Waals surface area contributed by atoms with Crippen molar-refractivity contribution in [1.29, 1.82) is 5.26 Å². The van der Waals surface area contributed by atoms with Gasteiger partial charge in [-0.15, -0.1) is 11.8 Å². The smallest absolute Gasteiger partial charge is 0.242 e. The summed E-state index contributed by atoms with van der Waals surface area (Å²) in [6, 6.07) is 7.33. The maximum atomic E-state index is 11.5. The highest BCUT2D eigenvalue weighted by atomic mass is 32.2. The molecule has 0 aromatic heterocycles. The van der Waals surface area contributed by atoms with Crippen LogP contribution in [-0.4, -0.2) is 38.0 Å². The van der Waals surface area contributed by atoms with Gasteiger partial charge in [0.1, 0.15) is 12.1 Å². The molecule has 1 saturated heterocycles. The number of hydrogen-bond donors (Lipinski definition) is 1. The van der Waals surface area contributed by atoms with E-state index in [1.54, 1.807) is 0 Å². The van der Waals surface area contributed by atoms with Gasteiger partial charge in [-0.3, -0.25) is 4.79 Å². The van der Waals surface area contributed by atoms with Crippen LogP contribution >= 0.6 is 11.8 Å². The summed E-state index contributed by atoms with van der Waals surface area (Å²) in [7, 11) is 0. The van der Waals surface area contributed by atoms with Crippen molar-refractivity contribution in [2.24, 2.45) is 5.73 Å². The fourth-order valence-corrected chi connectivity index (χ4v) is 2.74. The van der Waals surface area contributed by atoms with Crippen LogP contribution in [0.1, 0.15) is 5.56 Å². The third-order valence-corrected chi connectivity index (χ3v) is 3.88. The molecule has 2 rings (SSSR count). The van der Waals surface area contributed by atoms with Gasteiger partial charge in [0.05, 0.1) is 24.5 Å². The molecule has 1 unspecified atom stereocenters. The predicted molar refractivity (Wildman–Crippen MR) is 74.1 cm³/mol. The van der Waals surface area contributed by atoms with E-state index >= 15 is 0 Å². The number of amides is 1. The van der Waals surface area contributed by atoms with Gasteiger partial charge in [-0.1, -0.05) is 6.07 Å². The second kappa shape index (κ2) is 5.95. The number of nitrogens with two attached hydrogens (primary N) is 1. The van der Waals surface area contributed by atoms with E-state index in [-0.39, 0.29) is 6.61 Å². The molecule has 0 spiro atoms. The van der Waals surface area contributed by atoms with Crippen LogP contribution in [0.15, 0.2) is 23.1 Å². The average molecular weight is 277 g/mol. The van der Waals surface area contributed by atoms with Crippen LogP contribution in [0.2, 0.25) is 0 Å². The van der Waals surface area contributed by atoms with Gasteiger partial charge in [0.25, 0.3) is 0 Å². The minimum absolute atomic E-state index is 0.268. The number of nitrogens with zero attached hydrogens (tertiary/aromatic N) is 2. The fourth-order valence-electron chi connectivity index (χ4n) is 2.17. The zero-order valence-electron chi connectivity index (χ0n) is 10.6. The Balaban J connectivity index is 2.45. The molecule has 0 saturated carbocycles. The molecule has 1 aromatic rings. The minimum Gasteiger partial charge on any atom is -0.377 e. The Morgan fingerprint density at radius 3 is 3.05 bits per heavy atom. The first-order chi connectivity index (χ1) is 9.19. The number of thioether (sulfide) groups is 1. The van der Waals surface area contributed by atoms with Gasteiger partial charge in [-0.25, -0.2) is 0 Å². The van der Waals surface area contributed by atoms with Crippen molar-refractivity contribution in [3.05, 3.63) is 23.8 Å². The molecule has 1 amide bonds. The number of carbonyl (C=O) groups excluding carboxylic acids is 1. The molecule has 19 heavy (non-hydrogen) atoms. The third-order valence-electron chi connectivity index (χ3n) is 3.10. The summed E-state index contributed by atoms with van der Waals surface area (Å²) in [5, 5.41) is 9.35. The maximum Gasteiger partial charge on any atom is 0.242 e. The highest BCUT2D eigenvalue weighted by Gasteiger charge is 2.29. The molecular weight excluding hydrogens is 262 g/mol. The lowest BCUT2D eigenvalue weighted by Crippen LogP contribution is -2.52. The molecule has 1 atom stereocenters. The predicted octanol–water partition coefficient (Wildman–Crippen LogP) is 0.971. The first kappa shape index (κ1) is 13.7. The highest BCUT2D eigenvalue weighted by molar-refractivity contribution is 7.98. The van der Waals surface area contributed by atoms with Gasteiger partial charge < -0.3 is 15.4 Å². The van der Waals surface area contributed by atoms with Gasteiger partial charge >= 0.3 is 0 Å². The number of hydrogen-bond acceptors (Lipinski definition) is 5. The molecule has 0 radical (unpaired) electrons. The van der Waals surface area contributed by atoms with E-state index in [1.807, 2.05) is 29.4 Å². The van der Waals surface area contributed by atoms with Crippen LogP contribution in [0.25, 0.3) is 0 Å². The summed E-state index contributed by atoms with van der Waals surface area (Å²) in [5.41, 5.74) is 6.75. The number of ether oxygens (including phenoxy) is 1. The Labute approximate surface area is 116 Å². The van der Waals surface area contributed by atoms with Gasteiger partial charge in [0.15, 0.2) is 0 Å². The van der Waals surface area contributed by atoms with E-state index in [2.05, 4.69) is 6.07 Å². The number of morpholine rings is 1. The molecule has 1 fully saturated rings. The van der Waals surface area contributed by atoms with E-state index in [4.69, 9.17) is 10.5 Å². The van der Waals surface area contributed by atoms with Crippen molar-refractivity contribution in [1.82, 2.24) is 0 Å². The Morgan fingerprint density at radius 1 is 1.63 bits per heavy atom. The van der Waals surface area contributed by atoms with Crippen LogP contribution < -0.4 is 10.6 Å². The molecule has 2 N–H and O–H groups in total. The highest BCUT2D eigenvalue weighted by Crippen LogP contribution is 2.30. The average Bonchev–Trinajstić information content (AvgIpc) is 2.46. The molecule has 1 aliphatic heterocycles. The lowest BCUT2D eigenvalue weighted by Gasteiger charge is -2.36. The van der Waals surface area contributed by atoms with Crippen LogP contribution in [0.3, 0.4) is 0 Å². The largest absolute Gasteiger partial charge is 0.377 e. The molecular formula is C13H15N3O2S. The van der Waals surface area contributed by atoms with E-state index in [1.165, 1.54) is 11.8 Å². The topological polar surface area (TPSA) is 79.3 Å². The van der Waals surface area contributed by atoms with Crippen molar-refractivity contribution in [2.75, 3.05) is 30.9 Å². The summed E-state index contributed by atoms with van der Waals surface area (Å²) in [5.74, 6) is -0.432. The molecule has 1 aromatic carbocycles. The second-order valence-corrected chi connectivity index (χ2v) is 5.00. The summed E-state index contributed by atoms with van der Waals surface area (Å²) in [6.07, 6.45) is 1.92. The SMILES string of the molecule is CSc1cccc(N2CCOCC2C(N)=O)c1C#N. The molecule has 6 heteroatoms. The fraction of sp³-hybridized carbons (Fsp3) is 0.385. The molecule has 5 nitrogen and oxygen atoms in total. The molecule has 1 heterocycles. The minimum atomic E-state index is -0.516. The normalized spacial score (nSPS) is 18.9. The third kappa shape index (κ3) is 2.67. The van der Waals surface area contributed by atoms with Gasteiger partial charge in [0.2, 0.25) is 5.91 Å². The first-order valence-corrected chi connectivity index (χ1v) is 7.12. The number of anilines is 1.